The molecule has 0 heterocycles. The molecule has 0 bridgehead atoms. The Morgan fingerprint density at radius 1 is 0.385 bits per heavy atom. The summed E-state index contributed by atoms with van der Waals surface area (Å²) in [5.74, 6) is 0.810. The van der Waals surface area contributed by atoms with Gasteiger partial charge in [0.05, 0.1) is 25.4 Å². The molecule has 0 aromatic heterocycles. The summed E-state index contributed by atoms with van der Waals surface area (Å²) < 4.78 is 31.5. The summed E-state index contributed by atoms with van der Waals surface area (Å²) in [5.41, 5.74) is 0. The van der Waals surface area contributed by atoms with Crippen LogP contribution in [0.1, 0.15) is 220 Å². The van der Waals surface area contributed by atoms with Gasteiger partial charge in [-0.15, -0.1) is 0 Å². The lowest BCUT2D eigenvalue weighted by Gasteiger charge is -2.20. The van der Waals surface area contributed by atoms with Crippen molar-refractivity contribution in [3.05, 3.63) is 30.3 Å². The highest BCUT2D eigenvalue weighted by molar-refractivity contribution is 7.42. The summed E-state index contributed by atoms with van der Waals surface area (Å²) in [7, 11) is -1.43. The average molecular weight is 751 g/mol. The third kappa shape index (κ3) is 32.7. The van der Waals surface area contributed by atoms with Crippen LogP contribution in [-0.4, -0.2) is 38.6 Å². The van der Waals surface area contributed by atoms with Crippen molar-refractivity contribution >= 4 is 8.60 Å². The van der Waals surface area contributed by atoms with Crippen LogP contribution in [0.25, 0.3) is 0 Å². The maximum absolute atomic E-state index is 6.42. The third-order valence-corrected chi connectivity index (χ3v) is 11.3. The Morgan fingerprint density at radius 3 is 1.12 bits per heavy atom. The molecule has 0 saturated carbocycles. The van der Waals surface area contributed by atoms with E-state index in [1.807, 2.05) is 30.3 Å². The van der Waals surface area contributed by atoms with Crippen LogP contribution in [0.4, 0.5) is 0 Å². The molecule has 5 nitrogen and oxygen atoms in total. The van der Waals surface area contributed by atoms with Crippen LogP contribution in [0.5, 0.6) is 5.75 Å². The van der Waals surface area contributed by atoms with E-state index in [9.17, 15) is 0 Å². The van der Waals surface area contributed by atoms with Gasteiger partial charge in [0, 0.05) is 13.2 Å². The predicted molar refractivity (Wildman–Crippen MR) is 227 cm³/mol. The van der Waals surface area contributed by atoms with Crippen molar-refractivity contribution in [3.8, 4) is 5.75 Å². The van der Waals surface area contributed by atoms with E-state index in [2.05, 4.69) is 27.7 Å². The number of hydrogen-bond donors (Lipinski definition) is 0. The quantitative estimate of drug-likeness (QED) is 0.0492. The maximum atomic E-state index is 6.42. The second kappa shape index (κ2) is 40.0. The number of benzene rings is 1. The molecule has 1 rings (SSSR count). The molecule has 0 aliphatic heterocycles. The Kier molecular flexibility index (Phi) is 37.9. The molecule has 0 aliphatic carbocycles. The average Bonchev–Trinajstić information content (AvgIpc) is 3.16. The van der Waals surface area contributed by atoms with Crippen LogP contribution >= 0.6 is 8.60 Å². The van der Waals surface area contributed by atoms with Crippen molar-refractivity contribution in [2.75, 3.05) is 26.4 Å². The van der Waals surface area contributed by atoms with E-state index >= 15 is 0 Å². The monoisotopic (exact) mass is 751 g/mol. The van der Waals surface area contributed by atoms with Crippen LogP contribution in [0.15, 0.2) is 30.3 Å². The van der Waals surface area contributed by atoms with Gasteiger partial charge in [-0.3, -0.25) is 0 Å². The molecule has 0 saturated heterocycles. The lowest BCUT2D eigenvalue weighted by molar-refractivity contribution is 0.0349. The lowest BCUT2D eigenvalue weighted by Crippen LogP contribution is -2.14. The van der Waals surface area contributed by atoms with Gasteiger partial charge in [0.15, 0.2) is 0 Å². The van der Waals surface area contributed by atoms with Crippen LogP contribution in [0.3, 0.4) is 0 Å². The zero-order chi connectivity index (χ0) is 37.4. The van der Waals surface area contributed by atoms with Crippen LogP contribution in [0.2, 0.25) is 0 Å². The zero-order valence-corrected chi connectivity index (χ0v) is 36.0. The van der Waals surface area contributed by atoms with Crippen LogP contribution < -0.4 is 4.52 Å². The molecule has 1 aromatic rings. The fraction of sp³-hybridized carbons (Fsp3) is 0.870. The molecule has 6 heteroatoms. The Hall–Kier alpha value is -0.710. The van der Waals surface area contributed by atoms with Gasteiger partial charge < -0.3 is 23.0 Å². The summed E-state index contributed by atoms with van der Waals surface area (Å²) >= 11 is 0. The van der Waals surface area contributed by atoms with Gasteiger partial charge in [-0.05, 0) is 76.3 Å². The first-order valence-corrected chi connectivity index (χ1v) is 23.8. The Balaban J connectivity index is 2.39. The van der Waals surface area contributed by atoms with Gasteiger partial charge in [-0.2, -0.15) is 0 Å². The van der Waals surface area contributed by atoms with Crippen molar-refractivity contribution in [2.24, 2.45) is 0 Å². The lowest BCUT2D eigenvalue weighted by atomic mass is 10.0. The van der Waals surface area contributed by atoms with E-state index in [0.29, 0.717) is 25.4 Å². The third-order valence-electron chi connectivity index (χ3n) is 10.1. The van der Waals surface area contributed by atoms with Gasteiger partial charge >= 0.3 is 8.60 Å². The highest BCUT2D eigenvalue weighted by atomic mass is 31.2. The standard InChI is InChI=1S/C46H87O5P/c1-5-9-13-15-17-19-21-30-40-47-44(34-24-11-7-3)36-28-32-42-49-52(51-46-38-26-23-27-39-46)50-43-33-29-37-45(35-25-12-8-4)48-41-31-22-20-18-16-14-10-6-2/h23,26-27,38-39,44-45H,5-22,24-25,28-37,40-43H2,1-4H3. The molecule has 306 valence electrons. The van der Waals surface area contributed by atoms with E-state index in [-0.39, 0.29) is 0 Å². The van der Waals surface area contributed by atoms with E-state index in [0.717, 1.165) is 57.5 Å². The van der Waals surface area contributed by atoms with Gasteiger partial charge in [0.1, 0.15) is 5.75 Å². The highest BCUT2D eigenvalue weighted by Gasteiger charge is 2.16. The molecule has 0 spiro atoms. The molecule has 2 atom stereocenters. The smallest absolute Gasteiger partial charge is 0.397 e. The van der Waals surface area contributed by atoms with E-state index in [1.54, 1.807) is 0 Å². The van der Waals surface area contributed by atoms with Crippen molar-refractivity contribution < 1.29 is 23.0 Å². The Morgan fingerprint density at radius 2 is 0.712 bits per heavy atom. The van der Waals surface area contributed by atoms with Gasteiger partial charge in [0.25, 0.3) is 0 Å². The molecule has 0 radical (unpaired) electrons. The highest BCUT2D eigenvalue weighted by Crippen LogP contribution is 2.41. The molecule has 0 fully saturated rings. The molecule has 52 heavy (non-hydrogen) atoms. The Labute approximate surface area is 325 Å². The fourth-order valence-corrected chi connectivity index (χ4v) is 7.75. The molecule has 0 N–H and O–H groups in total. The van der Waals surface area contributed by atoms with Crippen molar-refractivity contribution in [3.63, 3.8) is 0 Å². The minimum absolute atomic E-state index is 0.379. The number of para-hydroxylation sites is 1. The van der Waals surface area contributed by atoms with Crippen molar-refractivity contribution in [1.82, 2.24) is 0 Å². The maximum Gasteiger partial charge on any atom is 0.397 e. The second-order valence-electron chi connectivity index (χ2n) is 15.2. The van der Waals surface area contributed by atoms with Crippen LogP contribution in [-0.2, 0) is 18.5 Å². The summed E-state index contributed by atoms with van der Waals surface area (Å²) in [4.78, 5) is 0. The number of rotatable bonds is 42. The first-order valence-electron chi connectivity index (χ1n) is 22.8. The summed E-state index contributed by atoms with van der Waals surface area (Å²) in [5, 5.41) is 0. The second-order valence-corrected chi connectivity index (χ2v) is 16.4. The van der Waals surface area contributed by atoms with E-state index in [1.165, 1.54) is 154 Å². The minimum Gasteiger partial charge on any atom is -0.427 e. The normalized spacial score (nSPS) is 13.4. The molecule has 0 aliphatic rings. The Bertz CT molecular complexity index is 765. The SMILES string of the molecule is CCCCCCCCCCOC(CCCCC)CCCCOP(OCCCCC(CCCCC)OCCCCCCCCCC)Oc1ccccc1. The van der Waals surface area contributed by atoms with Crippen molar-refractivity contribution in [2.45, 2.75) is 233 Å². The van der Waals surface area contributed by atoms with Gasteiger partial charge in [0.2, 0.25) is 0 Å². The van der Waals surface area contributed by atoms with Gasteiger partial charge in [-0.1, -0.05) is 174 Å². The minimum atomic E-state index is -1.43. The van der Waals surface area contributed by atoms with Crippen molar-refractivity contribution in [1.29, 1.82) is 0 Å². The van der Waals surface area contributed by atoms with Crippen LogP contribution in [0, 0.1) is 0 Å². The first kappa shape index (κ1) is 49.3. The number of ether oxygens (including phenoxy) is 2. The molecule has 1 aromatic carbocycles. The van der Waals surface area contributed by atoms with E-state index < -0.39 is 8.60 Å². The summed E-state index contributed by atoms with van der Waals surface area (Å²) in [6.45, 7) is 12.3. The molecular weight excluding hydrogens is 663 g/mol. The zero-order valence-electron chi connectivity index (χ0n) is 35.1. The summed E-state index contributed by atoms with van der Waals surface area (Å²) in [6, 6.07) is 9.98. The molecule has 2 unspecified atom stereocenters. The van der Waals surface area contributed by atoms with E-state index in [4.69, 9.17) is 23.0 Å². The fourth-order valence-electron chi connectivity index (χ4n) is 6.72. The summed E-state index contributed by atoms with van der Waals surface area (Å²) in [6.07, 6.45) is 38.7. The van der Waals surface area contributed by atoms with Gasteiger partial charge in [-0.25, -0.2) is 0 Å². The largest absolute Gasteiger partial charge is 0.427 e. The predicted octanol–water partition coefficient (Wildman–Crippen LogP) is 15.9. The number of hydrogen-bond acceptors (Lipinski definition) is 5. The topological polar surface area (TPSA) is 46.2 Å². The molecular formula is C46H87O5P. The molecule has 0 amide bonds. The number of unbranched alkanes of at least 4 members (excludes halogenated alkanes) is 20. The first-order chi connectivity index (χ1) is 25.7.